The normalized spacial score (nSPS) is 27.4. The van der Waals surface area contributed by atoms with Crippen molar-refractivity contribution in [1.82, 2.24) is 9.88 Å². The predicted octanol–water partition coefficient (Wildman–Crippen LogP) is 1.33. The van der Waals surface area contributed by atoms with Crippen molar-refractivity contribution >= 4 is 17.7 Å². The molecule has 1 unspecified atom stereocenters. The van der Waals surface area contributed by atoms with E-state index in [0.29, 0.717) is 38.1 Å². The van der Waals surface area contributed by atoms with Crippen molar-refractivity contribution in [2.45, 2.75) is 30.3 Å². The molecule has 0 radical (unpaired) electrons. The van der Waals surface area contributed by atoms with Gasteiger partial charge in [0, 0.05) is 25.0 Å². The number of nitrogens with zero attached hydrogens (tertiary/aromatic N) is 3. The summed E-state index contributed by atoms with van der Waals surface area (Å²) in [6, 6.07) is 8.00. The molecule has 6 heteroatoms. The van der Waals surface area contributed by atoms with Gasteiger partial charge in [0.15, 0.2) is 5.60 Å². The highest BCUT2D eigenvalue weighted by Gasteiger charge is 2.45. The van der Waals surface area contributed by atoms with Gasteiger partial charge in [0.25, 0.3) is 5.91 Å². The van der Waals surface area contributed by atoms with Gasteiger partial charge in [-0.3, -0.25) is 9.78 Å². The predicted molar refractivity (Wildman–Crippen MR) is 84.2 cm³/mol. The number of amides is 1. The smallest absolute Gasteiger partial charge is 0.255 e. The summed E-state index contributed by atoms with van der Waals surface area (Å²) in [4.78, 5) is 18.6. The van der Waals surface area contributed by atoms with Crippen LogP contribution < -0.4 is 0 Å². The number of carbonyl (C=O) groups is 1. The number of aromatic nitrogens is 1. The Kier molecular flexibility index (Phi) is 4.11. The van der Waals surface area contributed by atoms with Gasteiger partial charge < -0.3 is 10.0 Å². The summed E-state index contributed by atoms with van der Waals surface area (Å²) in [5, 5.41) is 20.1. The van der Waals surface area contributed by atoms with Crippen LogP contribution in [0.1, 0.15) is 25.0 Å². The maximum atomic E-state index is 12.5. The van der Waals surface area contributed by atoms with Gasteiger partial charge in [-0.2, -0.15) is 17.0 Å². The summed E-state index contributed by atoms with van der Waals surface area (Å²) >= 11 is 1.61. The second kappa shape index (κ2) is 5.90. The molecule has 0 bridgehead atoms. The van der Waals surface area contributed by atoms with Crippen LogP contribution in [0, 0.1) is 11.3 Å². The minimum absolute atomic E-state index is 0.176. The maximum Gasteiger partial charge on any atom is 0.255 e. The van der Waals surface area contributed by atoms with E-state index >= 15 is 0 Å². The molecule has 1 N–H and O–H groups in total. The topological polar surface area (TPSA) is 77.2 Å². The van der Waals surface area contributed by atoms with Crippen molar-refractivity contribution in [3.05, 3.63) is 30.1 Å². The molecule has 116 valence electrons. The Labute approximate surface area is 134 Å². The van der Waals surface area contributed by atoms with Gasteiger partial charge in [0.2, 0.25) is 0 Å². The minimum atomic E-state index is -1.21. The molecule has 0 aliphatic carbocycles. The highest BCUT2D eigenvalue weighted by molar-refractivity contribution is 7.99. The van der Waals surface area contributed by atoms with Gasteiger partial charge >= 0.3 is 0 Å². The highest BCUT2D eigenvalue weighted by atomic mass is 32.2. The molecule has 5 nitrogen and oxygen atoms in total. The average Bonchev–Trinajstić information content (AvgIpc) is 3.03. The molecule has 2 aliphatic heterocycles. The van der Waals surface area contributed by atoms with Gasteiger partial charge in [-0.05, 0) is 37.1 Å². The Bertz CT molecular complexity index is 585. The molecule has 22 heavy (non-hydrogen) atoms. The Morgan fingerprint density at radius 2 is 2.14 bits per heavy atom. The number of hydrogen-bond acceptors (Lipinski definition) is 5. The van der Waals surface area contributed by atoms with Crippen LogP contribution in [-0.2, 0) is 10.2 Å². The molecule has 1 amide bonds. The van der Waals surface area contributed by atoms with E-state index in [1.807, 2.05) is 18.2 Å². The monoisotopic (exact) mass is 317 g/mol. The number of nitriles is 1. The second-order valence-electron chi connectivity index (χ2n) is 6.04. The number of carbonyl (C=O) groups excluding carboxylic acids is 1. The molecule has 1 atom stereocenters. The Balaban J connectivity index is 1.72. The van der Waals surface area contributed by atoms with E-state index in [1.54, 1.807) is 22.9 Å². The first-order valence-corrected chi connectivity index (χ1v) is 8.67. The number of hydrogen-bond donors (Lipinski definition) is 1. The zero-order valence-corrected chi connectivity index (χ0v) is 13.2. The van der Waals surface area contributed by atoms with E-state index in [2.05, 4.69) is 11.1 Å². The number of rotatable bonds is 2. The summed E-state index contributed by atoms with van der Waals surface area (Å²) < 4.78 is 0. The second-order valence-corrected chi connectivity index (χ2v) is 7.14. The van der Waals surface area contributed by atoms with Crippen LogP contribution in [-0.4, -0.2) is 51.1 Å². The number of thioether (sulfide) groups is 1. The van der Waals surface area contributed by atoms with Crippen LogP contribution in [0.15, 0.2) is 24.4 Å². The largest absolute Gasteiger partial charge is 0.379 e. The van der Waals surface area contributed by atoms with Crippen LogP contribution in [0.4, 0.5) is 0 Å². The van der Waals surface area contributed by atoms with Crippen molar-refractivity contribution < 1.29 is 9.90 Å². The summed E-state index contributed by atoms with van der Waals surface area (Å²) in [7, 11) is 0. The fourth-order valence-electron chi connectivity index (χ4n) is 3.18. The summed E-state index contributed by atoms with van der Waals surface area (Å²) in [6.45, 7) is 0.992. The van der Waals surface area contributed by atoms with Crippen LogP contribution in [0.3, 0.4) is 0 Å². The van der Waals surface area contributed by atoms with E-state index in [4.69, 9.17) is 0 Å². The number of likely N-dealkylation sites (tertiary alicyclic amines) is 1. The number of piperidine rings is 1. The first-order chi connectivity index (χ1) is 10.6. The molecule has 2 saturated heterocycles. The van der Waals surface area contributed by atoms with Gasteiger partial charge in [-0.25, -0.2) is 0 Å². The molecular formula is C16H19N3O2S. The Morgan fingerprint density at radius 1 is 1.36 bits per heavy atom. The first-order valence-electron chi connectivity index (χ1n) is 7.52. The van der Waals surface area contributed by atoms with Gasteiger partial charge in [0.1, 0.15) is 5.41 Å². The van der Waals surface area contributed by atoms with Crippen molar-refractivity contribution in [1.29, 1.82) is 5.26 Å². The number of aliphatic hydroxyl groups is 1. The molecule has 2 aliphatic rings. The van der Waals surface area contributed by atoms with Gasteiger partial charge in [-0.15, -0.1) is 0 Å². The van der Waals surface area contributed by atoms with Crippen LogP contribution in [0.5, 0.6) is 0 Å². The van der Waals surface area contributed by atoms with Crippen molar-refractivity contribution in [2.75, 3.05) is 24.6 Å². The minimum Gasteiger partial charge on any atom is -0.379 e. The van der Waals surface area contributed by atoms with E-state index in [0.717, 1.165) is 11.4 Å². The fraction of sp³-hybridized carbons (Fsp3) is 0.562. The lowest BCUT2D eigenvalue weighted by Gasteiger charge is -2.39. The molecule has 1 aromatic heterocycles. The molecule has 0 aromatic carbocycles. The van der Waals surface area contributed by atoms with Crippen LogP contribution in [0.25, 0.3) is 0 Å². The molecular weight excluding hydrogens is 298 g/mol. The first kappa shape index (κ1) is 15.3. The van der Waals surface area contributed by atoms with E-state index in [-0.39, 0.29) is 5.91 Å². The van der Waals surface area contributed by atoms with Gasteiger partial charge in [0.05, 0.1) is 11.8 Å². The molecule has 3 heterocycles. The van der Waals surface area contributed by atoms with Gasteiger partial charge in [-0.1, -0.05) is 6.07 Å². The standard InChI is InChI=1S/C16H19N3O2S/c17-11-15(13-3-1-2-7-18-13)4-8-19(9-5-15)14(20)16(21)6-10-22-12-16/h1-3,7,21H,4-6,8-10,12H2. The van der Waals surface area contributed by atoms with Crippen molar-refractivity contribution in [2.24, 2.45) is 0 Å². The Morgan fingerprint density at radius 3 is 2.68 bits per heavy atom. The van der Waals surface area contributed by atoms with Crippen LogP contribution >= 0.6 is 11.8 Å². The van der Waals surface area contributed by atoms with Crippen molar-refractivity contribution in [3.63, 3.8) is 0 Å². The fourth-order valence-corrected chi connectivity index (χ4v) is 4.41. The molecule has 0 spiro atoms. The highest BCUT2D eigenvalue weighted by Crippen LogP contribution is 2.36. The van der Waals surface area contributed by atoms with E-state index in [9.17, 15) is 15.2 Å². The molecule has 1 aromatic rings. The third-order valence-corrected chi connectivity index (χ3v) is 5.85. The zero-order valence-electron chi connectivity index (χ0n) is 12.4. The van der Waals surface area contributed by atoms with E-state index in [1.165, 1.54) is 0 Å². The molecule has 2 fully saturated rings. The van der Waals surface area contributed by atoms with E-state index < -0.39 is 11.0 Å². The van der Waals surface area contributed by atoms with Crippen molar-refractivity contribution in [3.8, 4) is 6.07 Å². The number of pyridine rings is 1. The lowest BCUT2D eigenvalue weighted by molar-refractivity contribution is -0.150. The summed E-state index contributed by atoms with van der Waals surface area (Å²) in [6.07, 6.45) is 3.35. The SMILES string of the molecule is N#CC1(c2ccccn2)CCN(C(=O)C2(O)CCSC2)CC1. The maximum absolute atomic E-state index is 12.5. The third-order valence-electron chi connectivity index (χ3n) is 4.67. The Hall–Kier alpha value is -1.58. The quantitative estimate of drug-likeness (QED) is 0.890. The molecule has 3 rings (SSSR count). The zero-order chi connectivity index (χ0) is 15.6. The summed E-state index contributed by atoms with van der Waals surface area (Å²) in [5.74, 6) is 1.13. The lowest BCUT2D eigenvalue weighted by atomic mass is 9.76. The third kappa shape index (κ3) is 2.59. The molecule has 0 saturated carbocycles. The van der Waals surface area contributed by atoms with Crippen LogP contribution in [0.2, 0.25) is 0 Å². The average molecular weight is 317 g/mol. The lowest BCUT2D eigenvalue weighted by Crippen LogP contribution is -2.53. The summed E-state index contributed by atoms with van der Waals surface area (Å²) in [5.41, 5.74) is -1.05.